The second-order valence-electron chi connectivity index (χ2n) is 4.82. The van der Waals surface area contributed by atoms with Crippen LogP contribution in [0.4, 0.5) is 13.2 Å². The van der Waals surface area contributed by atoms with Gasteiger partial charge in [0.1, 0.15) is 5.60 Å². The van der Waals surface area contributed by atoms with E-state index in [9.17, 15) is 18.0 Å². The highest BCUT2D eigenvalue weighted by atomic mass is 32.1. The van der Waals surface area contributed by atoms with Crippen molar-refractivity contribution in [2.24, 2.45) is 0 Å². The normalized spacial score (nSPS) is 14.4. The number of halogens is 3. The first-order valence-electron chi connectivity index (χ1n) is 5.26. The second-order valence-corrected chi connectivity index (χ2v) is 5.88. The molecular formula is C11H14F3NO2S. The molecule has 0 saturated heterocycles. The van der Waals surface area contributed by atoms with Gasteiger partial charge in [0.2, 0.25) is 0 Å². The Bertz CT molecular complexity index is 434. The molecule has 0 radical (unpaired) electrons. The second kappa shape index (κ2) is 4.87. The third kappa shape index (κ3) is 3.97. The summed E-state index contributed by atoms with van der Waals surface area (Å²) in [5.74, 6) is -1.31. The average molecular weight is 281 g/mol. The van der Waals surface area contributed by atoms with Crippen LogP contribution in [-0.4, -0.2) is 16.6 Å². The lowest BCUT2D eigenvalue weighted by molar-refractivity contribution is -0.156. The third-order valence-corrected chi connectivity index (χ3v) is 3.18. The van der Waals surface area contributed by atoms with E-state index in [1.54, 1.807) is 20.8 Å². The monoisotopic (exact) mass is 281 g/mol. The molecule has 0 spiro atoms. The molecule has 1 aromatic heterocycles. The number of ether oxygens (including phenoxy) is 1. The van der Waals surface area contributed by atoms with Crippen LogP contribution >= 0.6 is 11.3 Å². The number of esters is 1. The van der Waals surface area contributed by atoms with Crippen molar-refractivity contribution in [1.82, 2.24) is 4.98 Å². The quantitative estimate of drug-likeness (QED) is 0.777. The largest absolute Gasteiger partial charge is 0.459 e. The molecule has 0 saturated carbocycles. The predicted octanol–water partition coefficient (Wildman–Crippen LogP) is 3.61. The summed E-state index contributed by atoms with van der Waals surface area (Å²) in [4.78, 5) is 15.2. The molecule has 18 heavy (non-hydrogen) atoms. The molecule has 0 bridgehead atoms. The molecular weight excluding hydrogens is 267 g/mol. The molecule has 0 aliphatic heterocycles. The number of hydrogen-bond donors (Lipinski definition) is 0. The molecule has 0 amide bonds. The van der Waals surface area contributed by atoms with E-state index in [0.29, 0.717) is 11.3 Å². The van der Waals surface area contributed by atoms with Gasteiger partial charge in [-0.25, -0.2) is 4.98 Å². The van der Waals surface area contributed by atoms with E-state index in [2.05, 4.69) is 4.98 Å². The lowest BCUT2D eigenvalue weighted by Gasteiger charge is -2.21. The molecule has 0 aliphatic rings. The maximum Gasteiger partial charge on any atom is 0.443 e. The summed E-state index contributed by atoms with van der Waals surface area (Å²) in [5, 5.41) is -0.951. The Hall–Kier alpha value is -1.11. The Labute approximate surface area is 107 Å². The van der Waals surface area contributed by atoms with E-state index in [4.69, 9.17) is 4.74 Å². The molecule has 0 aliphatic carbocycles. The van der Waals surface area contributed by atoms with E-state index in [0.717, 1.165) is 6.20 Å². The number of aromatic nitrogens is 1. The van der Waals surface area contributed by atoms with E-state index in [1.807, 2.05) is 0 Å². The molecule has 0 fully saturated rings. The number of rotatable bonds is 2. The number of thiazole rings is 1. The van der Waals surface area contributed by atoms with Crippen molar-refractivity contribution in [3.63, 3.8) is 0 Å². The summed E-state index contributed by atoms with van der Waals surface area (Å²) >= 11 is 0.465. The molecule has 1 atom stereocenters. The Morgan fingerprint density at radius 2 is 1.94 bits per heavy atom. The van der Waals surface area contributed by atoms with Gasteiger partial charge in [-0.15, -0.1) is 11.3 Å². The Kier molecular flexibility index (Phi) is 4.05. The van der Waals surface area contributed by atoms with Crippen LogP contribution in [0.1, 0.15) is 43.5 Å². The zero-order valence-corrected chi connectivity index (χ0v) is 11.3. The highest BCUT2D eigenvalue weighted by molar-refractivity contribution is 7.11. The first kappa shape index (κ1) is 14.9. The van der Waals surface area contributed by atoms with Crippen LogP contribution < -0.4 is 0 Å². The minimum absolute atomic E-state index is 0.247. The van der Waals surface area contributed by atoms with Gasteiger partial charge in [-0.3, -0.25) is 4.79 Å². The van der Waals surface area contributed by atoms with Gasteiger partial charge in [-0.1, -0.05) is 0 Å². The lowest BCUT2D eigenvalue weighted by Crippen LogP contribution is -2.26. The van der Waals surface area contributed by atoms with Crippen molar-refractivity contribution in [3.05, 3.63) is 16.1 Å². The van der Waals surface area contributed by atoms with Gasteiger partial charge in [0, 0.05) is 11.1 Å². The molecule has 1 unspecified atom stereocenters. The van der Waals surface area contributed by atoms with Crippen LogP contribution in [0.5, 0.6) is 0 Å². The van der Waals surface area contributed by atoms with Crippen LogP contribution in [0.25, 0.3) is 0 Å². The average Bonchev–Trinajstić information content (AvgIpc) is 2.61. The number of carbonyl (C=O) groups excluding carboxylic acids is 1. The smallest absolute Gasteiger partial charge is 0.443 e. The van der Waals surface area contributed by atoms with E-state index < -0.39 is 28.7 Å². The van der Waals surface area contributed by atoms with Crippen LogP contribution in [0.2, 0.25) is 0 Å². The Morgan fingerprint density at radius 3 is 2.33 bits per heavy atom. The Morgan fingerprint density at radius 1 is 1.39 bits per heavy atom. The molecule has 0 N–H and O–H groups in total. The molecule has 102 valence electrons. The van der Waals surface area contributed by atoms with E-state index in [1.165, 1.54) is 6.92 Å². The van der Waals surface area contributed by atoms with Gasteiger partial charge in [0.25, 0.3) is 0 Å². The lowest BCUT2D eigenvalue weighted by atomic mass is 10.1. The van der Waals surface area contributed by atoms with Crippen molar-refractivity contribution in [2.75, 3.05) is 0 Å². The number of nitrogens with zero attached hydrogens (tertiary/aromatic N) is 1. The zero-order valence-electron chi connectivity index (χ0n) is 10.5. The number of carbonyl (C=O) groups is 1. The first-order valence-corrected chi connectivity index (χ1v) is 6.08. The minimum atomic E-state index is -4.48. The summed E-state index contributed by atoms with van der Waals surface area (Å²) in [7, 11) is 0. The maximum absolute atomic E-state index is 12.4. The van der Waals surface area contributed by atoms with E-state index >= 15 is 0 Å². The standard InChI is InChI=1S/C11H14F3NO2S/c1-6(8(16)17-10(2,3)4)7-5-15-9(18-7)11(12,13)14/h5-6H,1-4H3. The summed E-state index contributed by atoms with van der Waals surface area (Å²) in [6, 6.07) is 0. The fourth-order valence-corrected chi connectivity index (χ4v) is 1.95. The van der Waals surface area contributed by atoms with Gasteiger partial charge in [-0.2, -0.15) is 13.2 Å². The summed E-state index contributed by atoms with van der Waals surface area (Å²) in [6.07, 6.45) is -3.40. The van der Waals surface area contributed by atoms with Crippen molar-refractivity contribution in [1.29, 1.82) is 0 Å². The van der Waals surface area contributed by atoms with Gasteiger partial charge in [0.15, 0.2) is 5.01 Å². The maximum atomic E-state index is 12.4. The van der Waals surface area contributed by atoms with Gasteiger partial charge < -0.3 is 4.74 Å². The molecule has 1 aromatic rings. The van der Waals surface area contributed by atoms with Crippen LogP contribution in [0, 0.1) is 0 Å². The zero-order chi connectivity index (χ0) is 14.1. The highest BCUT2D eigenvalue weighted by Gasteiger charge is 2.36. The van der Waals surface area contributed by atoms with Crippen LogP contribution in [0.3, 0.4) is 0 Å². The summed E-state index contributed by atoms with van der Waals surface area (Å²) in [6.45, 7) is 6.60. The van der Waals surface area contributed by atoms with Crippen LogP contribution in [0.15, 0.2) is 6.20 Å². The van der Waals surface area contributed by atoms with Crippen molar-refractivity contribution in [2.45, 2.75) is 45.4 Å². The minimum Gasteiger partial charge on any atom is -0.459 e. The molecule has 1 rings (SSSR count). The highest BCUT2D eigenvalue weighted by Crippen LogP contribution is 2.35. The fraction of sp³-hybridized carbons (Fsp3) is 0.636. The summed E-state index contributed by atoms with van der Waals surface area (Å²) in [5.41, 5.74) is -0.664. The predicted molar refractivity (Wildman–Crippen MR) is 61.4 cm³/mol. The van der Waals surface area contributed by atoms with Gasteiger partial charge in [0.05, 0.1) is 5.92 Å². The number of hydrogen-bond acceptors (Lipinski definition) is 4. The summed E-state index contributed by atoms with van der Waals surface area (Å²) < 4.78 is 42.2. The fourth-order valence-electron chi connectivity index (χ4n) is 1.12. The first-order chi connectivity index (χ1) is 8.00. The van der Waals surface area contributed by atoms with Crippen molar-refractivity contribution >= 4 is 17.3 Å². The van der Waals surface area contributed by atoms with Crippen molar-refractivity contribution < 1.29 is 22.7 Å². The van der Waals surface area contributed by atoms with Gasteiger partial charge >= 0.3 is 12.1 Å². The van der Waals surface area contributed by atoms with Crippen molar-refractivity contribution in [3.8, 4) is 0 Å². The SMILES string of the molecule is CC(C(=O)OC(C)(C)C)c1cnc(C(F)(F)F)s1. The molecule has 3 nitrogen and oxygen atoms in total. The molecule has 1 heterocycles. The Balaban J connectivity index is 2.82. The third-order valence-electron chi connectivity index (χ3n) is 1.95. The number of alkyl halides is 3. The molecule has 7 heteroatoms. The van der Waals surface area contributed by atoms with Gasteiger partial charge in [-0.05, 0) is 27.7 Å². The molecule has 0 aromatic carbocycles. The van der Waals surface area contributed by atoms with Crippen LogP contribution in [-0.2, 0) is 15.7 Å². The topological polar surface area (TPSA) is 39.2 Å². The van der Waals surface area contributed by atoms with E-state index in [-0.39, 0.29) is 4.88 Å².